The van der Waals surface area contributed by atoms with Gasteiger partial charge >= 0.3 is 6.09 Å². The molecule has 0 spiro atoms. The summed E-state index contributed by atoms with van der Waals surface area (Å²) < 4.78 is 5.78. The van der Waals surface area contributed by atoms with E-state index in [2.05, 4.69) is 16.4 Å². The average molecular weight is 360 g/mol. The van der Waals surface area contributed by atoms with Crippen molar-refractivity contribution in [2.75, 3.05) is 11.4 Å². The monoisotopic (exact) mass is 359 g/mol. The van der Waals surface area contributed by atoms with Gasteiger partial charge in [0.15, 0.2) is 0 Å². The van der Waals surface area contributed by atoms with Crippen LogP contribution in [0.25, 0.3) is 0 Å². The minimum atomic E-state index is -0.512. The number of nitrogens with zero attached hydrogens (tertiary/aromatic N) is 2. The lowest BCUT2D eigenvalue weighted by Gasteiger charge is -2.37. The van der Waals surface area contributed by atoms with Crippen molar-refractivity contribution >= 4 is 11.9 Å². The van der Waals surface area contributed by atoms with Crippen LogP contribution in [-0.2, 0) is 4.74 Å². The SMILES string of the molecule is CC(C)(C)OC(=O)N(c1ncccc1C1CCCCN1)C1CCCCC1. The number of nitrogens with one attached hydrogen (secondary N) is 1. The zero-order chi connectivity index (χ0) is 18.6. The number of hydrogen-bond donors (Lipinski definition) is 1. The van der Waals surface area contributed by atoms with Crippen LogP contribution < -0.4 is 10.2 Å². The Morgan fingerprint density at radius 1 is 1.15 bits per heavy atom. The van der Waals surface area contributed by atoms with Crippen LogP contribution in [0.15, 0.2) is 18.3 Å². The third kappa shape index (κ3) is 4.76. The maximum absolute atomic E-state index is 13.1. The Bertz CT molecular complexity index is 600. The van der Waals surface area contributed by atoms with Gasteiger partial charge in [0.05, 0.1) is 0 Å². The third-order valence-electron chi connectivity index (χ3n) is 5.26. The largest absolute Gasteiger partial charge is 0.443 e. The minimum absolute atomic E-state index is 0.177. The van der Waals surface area contributed by atoms with Gasteiger partial charge in [0.2, 0.25) is 0 Å². The molecule has 2 fully saturated rings. The molecule has 1 N–H and O–H groups in total. The molecule has 1 amide bonds. The summed E-state index contributed by atoms with van der Waals surface area (Å²) in [6.45, 7) is 6.79. The molecular formula is C21H33N3O2. The zero-order valence-electron chi connectivity index (χ0n) is 16.5. The zero-order valence-corrected chi connectivity index (χ0v) is 16.5. The molecule has 1 aliphatic heterocycles. The maximum atomic E-state index is 13.1. The highest BCUT2D eigenvalue weighted by molar-refractivity contribution is 5.88. The topological polar surface area (TPSA) is 54.5 Å². The molecule has 3 rings (SSSR count). The second-order valence-electron chi connectivity index (χ2n) is 8.56. The number of carbonyl (C=O) groups is 1. The lowest BCUT2D eigenvalue weighted by molar-refractivity contribution is 0.0556. The molecular weight excluding hydrogens is 326 g/mol. The standard InChI is InChI=1S/C21H33N3O2/c1-21(2,3)26-20(25)24(16-10-5-4-6-11-16)19-17(12-9-15-23-19)18-13-7-8-14-22-18/h9,12,15-16,18,22H,4-8,10-11,13-14H2,1-3H3. The van der Waals surface area contributed by atoms with Gasteiger partial charge in [-0.2, -0.15) is 0 Å². The Morgan fingerprint density at radius 2 is 1.88 bits per heavy atom. The van der Waals surface area contributed by atoms with Crippen molar-refractivity contribution in [3.05, 3.63) is 23.9 Å². The fourth-order valence-corrected chi connectivity index (χ4v) is 4.06. The highest BCUT2D eigenvalue weighted by Crippen LogP contribution is 2.34. The fraction of sp³-hybridized carbons (Fsp3) is 0.714. The van der Waals surface area contributed by atoms with Gasteiger partial charge in [0.1, 0.15) is 11.4 Å². The molecule has 1 unspecified atom stereocenters. The molecule has 0 bridgehead atoms. The van der Waals surface area contributed by atoms with Crippen molar-refractivity contribution in [1.29, 1.82) is 0 Å². The molecule has 2 aliphatic rings. The molecule has 1 atom stereocenters. The van der Waals surface area contributed by atoms with Gasteiger partial charge in [-0.3, -0.25) is 4.90 Å². The Labute approximate surface area is 157 Å². The fourth-order valence-electron chi connectivity index (χ4n) is 4.06. The van der Waals surface area contributed by atoms with Crippen LogP contribution in [0.3, 0.4) is 0 Å². The number of pyridine rings is 1. The predicted molar refractivity (Wildman–Crippen MR) is 104 cm³/mol. The van der Waals surface area contributed by atoms with Gasteiger partial charge in [-0.15, -0.1) is 0 Å². The summed E-state index contributed by atoms with van der Waals surface area (Å²) in [5, 5.41) is 3.60. The second kappa shape index (κ2) is 8.38. The molecule has 0 radical (unpaired) electrons. The van der Waals surface area contributed by atoms with E-state index in [-0.39, 0.29) is 18.2 Å². The van der Waals surface area contributed by atoms with Gasteiger partial charge in [-0.1, -0.05) is 31.7 Å². The van der Waals surface area contributed by atoms with Crippen molar-refractivity contribution in [3.8, 4) is 0 Å². The average Bonchev–Trinajstić information content (AvgIpc) is 2.62. The Balaban J connectivity index is 1.94. The van der Waals surface area contributed by atoms with Crippen LogP contribution in [0.4, 0.5) is 10.6 Å². The first-order valence-electron chi connectivity index (χ1n) is 10.2. The summed E-state index contributed by atoms with van der Waals surface area (Å²) in [4.78, 5) is 19.7. The Morgan fingerprint density at radius 3 is 2.54 bits per heavy atom. The van der Waals surface area contributed by atoms with Gasteiger partial charge in [-0.25, -0.2) is 9.78 Å². The first-order chi connectivity index (χ1) is 12.5. The molecule has 1 aliphatic carbocycles. The Kier molecular flexibility index (Phi) is 6.17. The predicted octanol–water partition coefficient (Wildman–Crippen LogP) is 4.97. The van der Waals surface area contributed by atoms with Crippen LogP contribution in [0.5, 0.6) is 0 Å². The number of amides is 1. The number of hydrogen-bond acceptors (Lipinski definition) is 4. The summed E-state index contributed by atoms with van der Waals surface area (Å²) in [5.74, 6) is 0.785. The molecule has 1 aromatic heterocycles. The van der Waals surface area contributed by atoms with Gasteiger partial charge in [-0.05, 0) is 59.1 Å². The van der Waals surface area contributed by atoms with Crippen molar-refractivity contribution in [2.45, 2.75) is 89.8 Å². The molecule has 1 saturated carbocycles. The molecule has 5 heteroatoms. The lowest BCUT2D eigenvalue weighted by Crippen LogP contribution is -2.46. The highest BCUT2D eigenvalue weighted by Gasteiger charge is 2.34. The molecule has 26 heavy (non-hydrogen) atoms. The van der Waals surface area contributed by atoms with Gasteiger partial charge in [0, 0.05) is 23.8 Å². The van der Waals surface area contributed by atoms with Crippen molar-refractivity contribution in [2.24, 2.45) is 0 Å². The number of ether oxygens (including phenoxy) is 1. The van der Waals surface area contributed by atoms with E-state index in [1.807, 2.05) is 31.7 Å². The Hall–Kier alpha value is -1.62. The summed E-state index contributed by atoms with van der Waals surface area (Å²) in [6.07, 6.45) is 10.7. The molecule has 144 valence electrons. The molecule has 0 aromatic carbocycles. The molecule has 1 aromatic rings. The van der Waals surface area contributed by atoms with Crippen LogP contribution in [-0.4, -0.2) is 29.3 Å². The summed E-state index contributed by atoms with van der Waals surface area (Å²) >= 11 is 0. The summed E-state index contributed by atoms with van der Waals surface area (Å²) in [7, 11) is 0. The van der Waals surface area contributed by atoms with Crippen LogP contribution in [0, 0.1) is 0 Å². The second-order valence-corrected chi connectivity index (χ2v) is 8.56. The van der Waals surface area contributed by atoms with E-state index in [1.165, 1.54) is 19.3 Å². The first-order valence-corrected chi connectivity index (χ1v) is 10.2. The maximum Gasteiger partial charge on any atom is 0.416 e. The van der Waals surface area contributed by atoms with E-state index in [9.17, 15) is 4.79 Å². The first kappa shape index (κ1) is 19.2. The van der Waals surface area contributed by atoms with Crippen molar-refractivity contribution in [3.63, 3.8) is 0 Å². The van der Waals surface area contributed by atoms with Crippen molar-refractivity contribution in [1.82, 2.24) is 10.3 Å². The quantitative estimate of drug-likeness (QED) is 0.828. The van der Waals surface area contributed by atoms with E-state index in [1.54, 1.807) is 6.20 Å². The van der Waals surface area contributed by atoms with E-state index in [4.69, 9.17) is 4.74 Å². The van der Waals surface area contributed by atoms with Crippen LogP contribution in [0.1, 0.15) is 83.7 Å². The number of aromatic nitrogens is 1. The molecule has 5 nitrogen and oxygen atoms in total. The molecule has 2 heterocycles. The van der Waals surface area contributed by atoms with Crippen molar-refractivity contribution < 1.29 is 9.53 Å². The summed E-state index contributed by atoms with van der Waals surface area (Å²) in [6, 6.07) is 4.53. The number of anilines is 1. The van der Waals surface area contributed by atoms with E-state index in [0.717, 1.165) is 50.0 Å². The molecule has 1 saturated heterocycles. The lowest BCUT2D eigenvalue weighted by atomic mass is 9.93. The number of carbonyl (C=O) groups excluding carboxylic acids is 1. The van der Waals surface area contributed by atoms with Gasteiger partial charge in [0.25, 0.3) is 0 Å². The van der Waals surface area contributed by atoms with E-state index in [0.29, 0.717) is 0 Å². The highest BCUT2D eigenvalue weighted by atomic mass is 16.6. The van der Waals surface area contributed by atoms with E-state index >= 15 is 0 Å². The van der Waals surface area contributed by atoms with Crippen LogP contribution in [0.2, 0.25) is 0 Å². The van der Waals surface area contributed by atoms with Crippen LogP contribution >= 0.6 is 0 Å². The normalized spacial score (nSPS) is 22.0. The third-order valence-corrected chi connectivity index (χ3v) is 5.26. The van der Waals surface area contributed by atoms with Gasteiger partial charge < -0.3 is 10.1 Å². The smallest absolute Gasteiger partial charge is 0.416 e. The number of piperidine rings is 1. The number of rotatable bonds is 3. The minimum Gasteiger partial charge on any atom is -0.443 e. The van der Waals surface area contributed by atoms with E-state index < -0.39 is 5.60 Å². The summed E-state index contributed by atoms with van der Waals surface area (Å²) in [5.41, 5.74) is 0.616.